The van der Waals surface area contributed by atoms with Crippen LogP contribution >= 0.6 is 0 Å². The van der Waals surface area contributed by atoms with Gasteiger partial charge in [0.05, 0.1) is 6.54 Å². The average Bonchev–Trinajstić information content (AvgIpc) is 2.82. The van der Waals surface area contributed by atoms with Crippen molar-refractivity contribution in [3.63, 3.8) is 0 Å². The number of nitrogens with zero attached hydrogens (tertiary/aromatic N) is 5. The number of imidazole rings is 1. The molecule has 0 unspecified atom stereocenters. The fourth-order valence-corrected chi connectivity index (χ4v) is 2.02. The van der Waals surface area contributed by atoms with Crippen LogP contribution in [0.4, 0.5) is 4.39 Å². The monoisotopic (exact) mass is 280 g/mol. The second-order valence-corrected chi connectivity index (χ2v) is 4.67. The number of fused-ring (bicyclic) bond motifs is 1. The predicted molar refractivity (Wildman–Crippen MR) is 66.1 cm³/mol. The van der Waals surface area contributed by atoms with Gasteiger partial charge in [-0.3, -0.25) is 4.79 Å². The molecule has 0 radical (unpaired) electrons. The summed E-state index contributed by atoms with van der Waals surface area (Å²) < 4.78 is 14.3. The Labute approximate surface area is 112 Å². The minimum Gasteiger partial charge on any atom is -0.348 e. The Bertz CT molecular complexity index is 704. The highest BCUT2D eigenvalue weighted by Crippen LogP contribution is 2.18. The zero-order valence-electron chi connectivity index (χ0n) is 10.6. The SMILES string of the molecule is O=C(NC1CCC1)c1ncn2c(=O)n(CCF)nnc12. The van der Waals surface area contributed by atoms with Gasteiger partial charge in [0.1, 0.15) is 13.0 Å². The summed E-state index contributed by atoms with van der Waals surface area (Å²) in [6.45, 7) is -0.895. The number of aromatic nitrogens is 5. The number of hydrogen-bond acceptors (Lipinski definition) is 5. The predicted octanol–water partition coefficient (Wildman–Crippen LogP) is -0.462. The Morgan fingerprint density at radius 3 is 2.95 bits per heavy atom. The van der Waals surface area contributed by atoms with E-state index in [-0.39, 0.29) is 29.8 Å². The summed E-state index contributed by atoms with van der Waals surface area (Å²) in [5.74, 6) is -0.367. The van der Waals surface area contributed by atoms with Crippen LogP contribution in [-0.2, 0) is 6.54 Å². The van der Waals surface area contributed by atoms with Crippen molar-refractivity contribution in [2.24, 2.45) is 0 Å². The van der Waals surface area contributed by atoms with Crippen LogP contribution in [0.25, 0.3) is 5.65 Å². The van der Waals surface area contributed by atoms with Crippen molar-refractivity contribution < 1.29 is 9.18 Å². The number of amides is 1. The molecular formula is C11H13FN6O2. The van der Waals surface area contributed by atoms with E-state index in [1.807, 2.05) is 0 Å². The van der Waals surface area contributed by atoms with Crippen molar-refractivity contribution in [1.82, 2.24) is 29.7 Å². The van der Waals surface area contributed by atoms with Gasteiger partial charge < -0.3 is 5.32 Å². The third kappa shape index (κ3) is 2.04. The largest absolute Gasteiger partial charge is 0.353 e. The first kappa shape index (κ1) is 12.7. The molecule has 0 bridgehead atoms. The number of carbonyl (C=O) groups excluding carboxylic acids is 1. The Kier molecular flexibility index (Phi) is 3.17. The molecule has 8 nitrogen and oxygen atoms in total. The second kappa shape index (κ2) is 4.99. The van der Waals surface area contributed by atoms with Gasteiger partial charge in [-0.05, 0) is 19.3 Å². The van der Waals surface area contributed by atoms with Crippen molar-refractivity contribution in [3.05, 3.63) is 22.5 Å². The highest BCUT2D eigenvalue weighted by atomic mass is 19.1. The van der Waals surface area contributed by atoms with E-state index in [2.05, 4.69) is 20.6 Å². The molecular weight excluding hydrogens is 267 g/mol. The maximum atomic E-state index is 12.3. The molecule has 1 saturated carbocycles. The third-order valence-electron chi connectivity index (χ3n) is 3.37. The Hall–Kier alpha value is -2.32. The first-order valence-electron chi connectivity index (χ1n) is 6.38. The maximum Gasteiger partial charge on any atom is 0.353 e. The topological polar surface area (TPSA) is 94.2 Å². The van der Waals surface area contributed by atoms with E-state index >= 15 is 0 Å². The van der Waals surface area contributed by atoms with E-state index in [1.165, 1.54) is 6.33 Å². The van der Waals surface area contributed by atoms with Crippen LogP contribution in [0.2, 0.25) is 0 Å². The van der Waals surface area contributed by atoms with Crippen molar-refractivity contribution in [3.8, 4) is 0 Å². The zero-order chi connectivity index (χ0) is 14.1. The molecule has 9 heteroatoms. The van der Waals surface area contributed by atoms with Crippen LogP contribution in [0.1, 0.15) is 29.8 Å². The molecule has 0 aromatic carbocycles. The molecule has 2 aromatic heterocycles. The van der Waals surface area contributed by atoms with Gasteiger partial charge in [-0.15, -0.1) is 5.10 Å². The van der Waals surface area contributed by atoms with Crippen LogP contribution in [-0.4, -0.2) is 43.0 Å². The maximum absolute atomic E-state index is 12.3. The smallest absolute Gasteiger partial charge is 0.348 e. The number of halogens is 1. The lowest BCUT2D eigenvalue weighted by Gasteiger charge is -2.25. The van der Waals surface area contributed by atoms with Gasteiger partial charge >= 0.3 is 5.69 Å². The molecule has 1 amide bonds. The van der Waals surface area contributed by atoms with E-state index in [1.54, 1.807) is 0 Å². The third-order valence-corrected chi connectivity index (χ3v) is 3.37. The van der Waals surface area contributed by atoms with Gasteiger partial charge in [-0.25, -0.2) is 18.6 Å². The van der Waals surface area contributed by atoms with E-state index in [0.29, 0.717) is 0 Å². The summed E-state index contributed by atoms with van der Waals surface area (Å²) in [4.78, 5) is 27.9. The van der Waals surface area contributed by atoms with Crippen LogP contribution in [0.5, 0.6) is 0 Å². The summed E-state index contributed by atoms with van der Waals surface area (Å²) in [6.07, 6.45) is 4.21. The molecule has 2 heterocycles. The van der Waals surface area contributed by atoms with Crippen LogP contribution in [0, 0.1) is 0 Å². The molecule has 2 aromatic rings. The molecule has 0 atom stereocenters. The zero-order valence-corrected chi connectivity index (χ0v) is 10.6. The number of nitrogens with one attached hydrogen (secondary N) is 1. The lowest BCUT2D eigenvalue weighted by molar-refractivity contribution is 0.0914. The second-order valence-electron chi connectivity index (χ2n) is 4.67. The van der Waals surface area contributed by atoms with E-state index in [9.17, 15) is 14.0 Å². The van der Waals surface area contributed by atoms with Gasteiger partial charge in [-0.1, -0.05) is 5.21 Å². The molecule has 3 rings (SSSR count). The average molecular weight is 280 g/mol. The number of carbonyl (C=O) groups is 1. The summed E-state index contributed by atoms with van der Waals surface area (Å²) in [5.41, 5.74) is -0.418. The quantitative estimate of drug-likeness (QED) is 0.817. The molecule has 1 aliphatic rings. The molecule has 0 saturated heterocycles. The Balaban J connectivity index is 1.94. The molecule has 106 valence electrons. The minimum atomic E-state index is -0.718. The standard InChI is InChI=1S/C11H13FN6O2/c12-4-5-18-11(20)17-6-13-8(9(17)15-16-18)10(19)14-7-2-1-3-7/h6-7H,1-5H2,(H,14,19). The number of aryl methyl sites for hydroxylation is 1. The summed E-state index contributed by atoms with van der Waals surface area (Å²) in [7, 11) is 0. The Morgan fingerprint density at radius 2 is 2.30 bits per heavy atom. The van der Waals surface area contributed by atoms with Crippen molar-refractivity contribution in [2.75, 3.05) is 6.67 Å². The van der Waals surface area contributed by atoms with Gasteiger partial charge in [0, 0.05) is 6.04 Å². The van der Waals surface area contributed by atoms with Crippen molar-refractivity contribution in [2.45, 2.75) is 31.8 Å². The van der Waals surface area contributed by atoms with Gasteiger partial charge in [0.15, 0.2) is 11.3 Å². The van der Waals surface area contributed by atoms with E-state index < -0.39 is 12.4 Å². The van der Waals surface area contributed by atoms with Gasteiger partial charge in [-0.2, -0.15) is 4.68 Å². The van der Waals surface area contributed by atoms with E-state index in [0.717, 1.165) is 28.3 Å². The van der Waals surface area contributed by atoms with Crippen LogP contribution in [0.15, 0.2) is 11.1 Å². The first-order chi connectivity index (χ1) is 9.70. The fraction of sp³-hybridized carbons (Fsp3) is 0.545. The van der Waals surface area contributed by atoms with Gasteiger partial charge in [0.25, 0.3) is 5.91 Å². The molecule has 1 aliphatic carbocycles. The molecule has 0 aliphatic heterocycles. The van der Waals surface area contributed by atoms with Crippen molar-refractivity contribution in [1.29, 1.82) is 0 Å². The lowest BCUT2D eigenvalue weighted by Crippen LogP contribution is -2.40. The molecule has 20 heavy (non-hydrogen) atoms. The van der Waals surface area contributed by atoms with Crippen molar-refractivity contribution >= 4 is 11.6 Å². The normalized spacial score (nSPS) is 15.2. The fourth-order valence-electron chi connectivity index (χ4n) is 2.02. The van der Waals surface area contributed by atoms with Crippen LogP contribution < -0.4 is 11.0 Å². The van der Waals surface area contributed by atoms with E-state index in [4.69, 9.17) is 0 Å². The number of alkyl halides is 1. The highest BCUT2D eigenvalue weighted by molar-refractivity contribution is 5.98. The molecule has 1 N–H and O–H groups in total. The number of hydrogen-bond donors (Lipinski definition) is 1. The van der Waals surface area contributed by atoms with Gasteiger partial charge in [0.2, 0.25) is 0 Å². The molecule has 1 fully saturated rings. The minimum absolute atomic E-state index is 0.0638. The highest BCUT2D eigenvalue weighted by Gasteiger charge is 2.23. The summed E-state index contributed by atoms with van der Waals surface area (Å²) in [6, 6.07) is 0.166. The first-order valence-corrected chi connectivity index (χ1v) is 6.38. The summed E-state index contributed by atoms with van der Waals surface area (Å²) >= 11 is 0. The lowest BCUT2D eigenvalue weighted by atomic mass is 9.93. The molecule has 0 spiro atoms. The number of rotatable bonds is 4. The Morgan fingerprint density at radius 1 is 1.50 bits per heavy atom. The summed E-state index contributed by atoms with van der Waals surface area (Å²) in [5, 5.41) is 10.2. The van der Waals surface area contributed by atoms with Crippen LogP contribution in [0.3, 0.4) is 0 Å².